The average molecular weight is 153 g/mol. The van der Waals surface area contributed by atoms with Gasteiger partial charge in [-0.2, -0.15) is 0 Å². The molecule has 0 saturated carbocycles. The van der Waals surface area contributed by atoms with Gasteiger partial charge in [0.25, 0.3) is 0 Å². The molecule has 0 fully saturated rings. The van der Waals surface area contributed by atoms with Crippen LogP contribution in [-0.2, 0) is 6.42 Å². The molecule has 11 heavy (non-hydrogen) atoms. The standard InChI is InChI=1S/C8H11NO2/c1-3-6-5(2)4-9-7(6)8(10)11/h4,9H,3H2,1-2H3,(H,10,11). The Labute approximate surface area is 65.1 Å². The molecule has 60 valence electrons. The van der Waals surface area contributed by atoms with Crippen LogP contribution in [0.15, 0.2) is 6.20 Å². The van der Waals surface area contributed by atoms with Gasteiger partial charge >= 0.3 is 5.97 Å². The van der Waals surface area contributed by atoms with Gasteiger partial charge in [-0.15, -0.1) is 0 Å². The summed E-state index contributed by atoms with van der Waals surface area (Å²) in [6.45, 7) is 3.85. The first-order chi connectivity index (χ1) is 5.16. The molecule has 3 heteroatoms. The summed E-state index contributed by atoms with van der Waals surface area (Å²) in [5.41, 5.74) is 2.24. The van der Waals surface area contributed by atoms with E-state index in [0.717, 1.165) is 17.5 Å². The molecule has 0 amide bonds. The maximum Gasteiger partial charge on any atom is 0.352 e. The van der Waals surface area contributed by atoms with Crippen LogP contribution in [0.4, 0.5) is 0 Å². The highest BCUT2D eigenvalue weighted by atomic mass is 16.4. The van der Waals surface area contributed by atoms with Gasteiger partial charge in [-0.05, 0) is 24.5 Å². The number of carboxylic acids is 1. The molecule has 1 aromatic heterocycles. The smallest absolute Gasteiger partial charge is 0.352 e. The lowest BCUT2D eigenvalue weighted by Gasteiger charge is -1.95. The molecule has 0 aliphatic carbocycles. The highest BCUT2D eigenvalue weighted by Gasteiger charge is 2.11. The zero-order chi connectivity index (χ0) is 8.43. The molecule has 3 nitrogen and oxygen atoms in total. The summed E-state index contributed by atoms with van der Waals surface area (Å²) in [5.74, 6) is -0.880. The van der Waals surface area contributed by atoms with Crippen LogP contribution in [0.2, 0.25) is 0 Å². The lowest BCUT2D eigenvalue weighted by atomic mass is 10.1. The zero-order valence-corrected chi connectivity index (χ0v) is 6.64. The maximum absolute atomic E-state index is 10.6. The Kier molecular flexibility index (Phi) is 1.98. The molecule has 1 heterocycles. The SMILES string of the molecule is CCc1c(C)c[nH]c1C(=O)O. The minimum absolute atomic E-state index is 0.324. The first-order valence-electron chi connectivity index (χ1n) is 3.57. The van der Waals surface area contributed by atoms with E-state index < -0.39 is 5.97 Å². The lowest BCUT2D eigenvalue weighted by Crippen LogP contribution is -2.00. The first kappa shape index (κ1) is 7.85. The van der Waals surface area contributed by atoms with E-state index in [9.17, 15) is 4.79 Å². The molecule has 0 spiro atoms. The predicted octanol–water partition coefficient (Wildman–Crippen LogP) is 1.58. The number of rotatable bonds is 2. The van der Waals surface area contributed by atoms with Gasteiger partial charge in [0.15, 0.2) is 0 Å². The summed E-state index contributed by atoms with van der Waals surface area (Å²) in [6.07, 6.45) is 2.49. The minimum Gasteiger partial charge on any atom is -0.477 e. The number of H-pyrrole nitrogens is 1. The molecular weight excluding hydrogens is 142 g/mol. The molecule has 1 rings (SSSR count). The lowest BCUT2D eigenvalue weighted by molar-refractivity contribution is 0.0690. The largest absolute Gasteiger partial charge is 0.477 e. The Hall–Kier alpha value is -1.25. The topological polar surface area (TPSA) is 53.1 Å². The van der Waals surface area contributed by atoms with Crippen molar-refractivity contribution in [3.05, 3.63) is 23.0 Å². The van der Waals surface area contributed by atoms with Gasteiger partial charge < -0.3 is 10.1 Å². The summed E-state index contributed by atoms with van der Waals surface area (Å²) in [4.78, 5) is 13.3. The molecular formula is C8H11NO2. The fourth-order valence-corrected chi connectivity index (χ4v) is 1.20. The van der Waals surface area contributed by atoms with Crippen molar-refractivity contribution < 1.29 is 9.90 Å². The summed E-state index contributed by atoms with van der Waals surface area (Å²) in [7, 11) is 0. The van der Waals surface area contributed by atoms with Crippen LogP contribution in [0.3, 0.4) is 0 Å². The van der Waals surface area contributed by atoms with Gasteiger partial charge in [-0.3, -0.25) is 0 Å². The van der Waals surface area contributed by atoms with E-state index in [1.54, 1.807) is 6.20 Å². The second-order valence-corrected chi connectivity index (χ2v) is 2.48. The quantitative estimate of drug-likeness (QED) is 0.677. The Morgan fingerprint density at radius 2 is 2.36 bits per heavy atom. The van der Waals surface area contributed by atoms with Gasteiger partial charge in [0, 0.05) is 6.20 Å². The third-order valence-electron chi connectivity index (χ3n) is 1.78. The average Bonchev–Trinajstić information content (AvgIpc) is 2.30. The van der Waals surface area contributed by atoms with E-state index in [2.05, 4.69) is 4.98 Å². The number of hydrogen-bond acceptors (Lipinski definition) is 1. The number of nitrogens with one attached hydrogen (secondary N) is 1. The van der Waals surface area contributed by atoms with Crippen LogP contribution in [0.1, 0.15) is 28.5 Å². The van der Waals surface area contributed by atoms with Gasteiger partial charge in [-0.25, -0.2) is 4.79 Å². The third kappa shape index (κ3) is 1.27. The first-order valence-corrected chi connectivity index (χ1v) is 3.57. The van der Waals surface area contributed by atoms with Crippen molar-refractivity contribution in [2.75, 3.05) is 0 Å². The normalized spacial score (nSPS) is 10.0. The number of carbonyl (C=O) groups is 1. The van der Waals surface area contributed by atoms with Crippen LogP contribution < -0.4 is 0 Å². The number of hydrogen-bond donors (Lipinski definition) is 2. The summed E-state index contributed by atoms with van der Waals surface area (Å²) < 4.78 is 0. The number of aryl methyl sites for hydroxylation is 1. The Bertz CT molecular complexity index is 276. The second kappa shape index (κ2) is 2.78. The molecule has 0 radical (unpaired) electrons. The van der Waals surface area contributed by atoms with Gasteiger partial charge in [0.05, 0.1) is 0 Å². The molecule has 0 aliphatic rings. The minimum atomic E-state index is -0.880. The van der Waals surface area contributed by atoms with Crippen molar-refractivity contribution in [1.29, 1.82) is 0 Å². The van der Waals surface area contributed by atoms with Crippen molar-refractivity contribution in [1.82, 2.24) is 4.98 Å². The second-order valence-electron chi connectivity index (χ2n) is 2.48. The molecule has 0 atom stereocenters. The summed E-state index contributed by atoms with van der Waals surface area (Å²) in [5, 5.41) is 8.68. The Balaban J connectivity index is 3.15. The fourth-order valence-electron chi connectivity index (χ4n) is 1.20. The molecule has 0 aliphatic heterocycles. The number of carboxylic acid groups (broad SMARTS) is 1. The number of aromatic nitrogens is 1. The Morgan fingerprint density at radius 3 is 2.73 bits per heavy atom. The van der Waals surface area contributed by atoms with Crippen LogP contribution in [0.25, 0.3) is 0 Å². The van der Waals surface area contributed by atoms with Gasteiger partial charge in [-0.1, -0.05) is 6.92 Å². The predicted molar refractivity (Wildman–Crippen MR) is 41.9 cm³/mol. The van der Waals surface area contributed by atoms with Crippen molar-refractivity contribution in [2.24, 2.45) is 0 Å². The van der Waals surface area contributed by atoms with E-state index in [4.69, 9.17) is 5.11 Å². The number of aromatic carboxylic acids is 1. The van der Waals surface area contributed by atoms with E-state index in [1.165, 1.54) is 0 Å². The molecule has 0 saturated heterocycles. The van der Waals surface area contributed by atoms with Crippen molar-refractivity contribution in [3.8, 4) is 0 Å². The van der Waals surface area contributed by atoms with Gasteiger partial charge in [0.1, 0.15) is 5.69 Å². The van der Waals surface area contributed by atoms with Crippen molar-refractivity contribution >= 4 is 5.97 Å². The monoisotopic (exact) mass is 153 g/mol. The van der Waals surface area contributed by atoms with Gasteiger partial charge in [0.2, 0.25) is 0 Å². The summed E-state index contributed by atoms with van der Waals surface area (Å²) in [6, 6.07) is 0. The zero-order valence-electron chi connectivity index (χ0n) is 6.64. The van der Waals surface area contributed by atoms with E-state index in [0.29, 0.717) is 5.69 Å². The van der Waals surface area contributed by atoms with Crippen LogP contribution in [0.5, 0.6) is 0 Å². The molecule has 2 N–H and O–H groups in total. The van der Waals surface area contributed by atoms with E-state index in [1.807, 2.05) is 13.8 Å². The van der Waals surface area contributed by atoms with Crippen molar-refractivity contribution in [3.63, 3.8) is 0 Å². The molecule has 1 aromatic rings. The highest BCUT2D eigenvalue weighted by molar-refractivity contribution is 5.87. The Morgan fingerprint density at radius 1 is 1.73 bits per heavy atom. The molecule has 0 unspecified atom stereocenters. The van der Waals surface area contributed by atoms with E-state index >= 15 is 0 Å². The van der Waals surface area contributed by atoms with Crippen molar-refractivity contribution in [2.45, 2.75) is 20.3 Å². The highest BCUT2D eigenvalue weighted by Crippen LogP contribution is 2.13. The van der Waals surface area contributed by atoms with Crippen LogP contribution >= 0.6 is 0 Å². The molecule has 0 aromatic carbocycles. The number of aromatic amines is 1. The molecule has 0 bridgehead atoms. The van der Waals surface area contributed by atoms with Crippen LogP contribution in [-0.4, -0.2) is 16.1 Å². The third-order valence-corrected chi connectivity index (χ3v) is 1.78. The maximum atomic E-state index is 10.6. The summed E-state index contributed by atoms with van der Waals surface area (Å²) >= 11 is 0. The fraction of sp³-hybridized carbons (Fsp3) is 0.375. The van der Waals surface area contributed by atoms with Crippen LogP contribution in [0, 0.1) is 6.92 Å². The van der Waals surface area contributed by atoms with E-state index in [-0.39, 0.29) is 0 Å².